The number of carbonyl (C=O) groups excluding carboxylic acids is 1. The van der Waals surface area contributed by atoms with Crippen LogP contribution < -0.4 is 10.5 Å². The second kappa shape index (κ2) is 10.6. The van der Waals surface area contributed by atoms with Crippen molar-refractivity contribution in [3.05, 3.63) is 105 Å². The van der Waals surface area contributed by atoms with E-state index in [0.717, 1.165) is 18.7 Å². The van der Waals surface area contributed by atoms with Gasteiger partial charge in [-0.25, -0.2) is 4.39 Å². The van der Waals surface area contributed by atoms with E-state index in [1.807, 2.05) is 27.5 Å². The number of halogens is 1. The van der Waals surface area contributed by atoms with Gasteiger partial charge in [0.25, 0.3) is 5.56 Å². The molecule has 0 aliphatic carbocycles. The molecule has 0 saturated carbocycles. The maximum atomic E-state index is 13.5. The number of nitrogens with zero attached hydrogens (tertiary/aromatic N) is 6. The summed E-state index contributed by atoms with van der Waals surface area (Å²) in [4.78, 5) is 30.9. The van der Waals surface area contributed by atoms with Crippen LogP contribution in [0.15, 0.2) is 71.5 Å². The summed E-state index contributed by atoms with van der Waals surface area (Å²) in [6, 6.07) is 19.9. The zero-order valence-electron chi connectivity index (χ0n) is 22.7. The molecule has 0 atom stereocenters. The summed E-state index contributed by atoms with van der Waals surface area (Å²) in [6.45, 7) is 7.39. The highest BCUT2D eigenvalue weighted by Crippen LogP contribution is 2.23. The Morgan fingerprint density at radius 2 is 1.68 bits per heavy atom. The Bertz CT molecular complexity index is 1770. The van der Waals surface area contributed by atoms with Gasteiger partial charge >= 0.3 is 0 Å². The van der Waals surface area contributed by atoms with Crippen LogP contribution in [0, 0.1) is 19.7 Å². The van der Waals surface area contributed by atoms with Gasteiger partial charge in [-0.2, -0.15) is 0 Å². The van der Waals surface area contributed by atoms with Gasteiger partial charge in [0.2, 0.25) is 11.7 Å². The lowest BCUT2D eigenvalue weighted by Crippen LogP contribution is -2.49. The number of para-hydroxylation sites is 1. The van der Waals surface area contributed by atoms with Crippen molar-refractivity contribution in [2.45, 2.75) is 33.2 Å². The molecule has 3 heterocycles. The molecule has 0 bridgehead atoms. The zero-order chi connectivity index (χ0) is 27.8. The van der Waals surface area contributed by atoms with Gasteiger partial charge in [-0.1, -0.05) is 36.4 Å². The molecule has 1 aliphatic rings. The summed E-state index contributed by atoms with van der Waals surface area (Å²) in [5.74, 6) is 0.779. The molecule has 0 N–H and O–H groups in total. The molecule has 8 nitrogen and oxygen atoms in total. The molecule has 0 radical (unpaired) electrons. The number of aromatic nitrogens is 4. The van der Waals surface area contributed by atoms with Crippen LogP contribution in [0.1, 0.15) is 28.9 Å². The van der Waals surface area contributed by atoms with E-state index in [9.17, 15) is 14.0 Å². The molecule has 3 aromatic carbocycles. The van der Waals surface area contributed by atoms with Crippen LogP contribution in [0.2, 0.25) is 0 Å². The van der Waals surface area contributed by atoms with Crippen LogP contribution in [0.4, 0.5) is 10.1 Å². The van der Waals surface area contributed by atoms with Crippen molar-refractivity contribution in [1.82, 2.24) is 24.1 Å². The second-order valence-corrected chi connectivity index (χ2v) is 10.4. The Hall–Kier alpha value is -4.53. The van der Waals surface area contributed by atoms with Crippen molar-refractivity contribution in [2.24, 2.45) is 0 Å². The number of anilines is 1. The Balaban J connectivity index is 1.22. The lowest BCUT2D eigenvalue weighted by molar-refractivity contribution is -0.131. The third-order valence-corrected chi connectivity index (χ3v) is 7.73. The Morgan fingerprint density at radius 3 is 2.45 bits per heavy atom. The fourth-order valence-corrected chi connectivity index (χ4v) is 5.52. The van der Waals surface area contributed by atoms with Crippen molar-refractivity contribution >= 4 is 28.3 Å². The largest absolute Gasteiger partial charge is 0.368 e. The first-order chi connectivity index (χ1) is 19.4. The predicted octanol–water partition coefficient (Wildman–Crippen LogP) is 4.13. The molecule has 9 heteroatoms. The van der Waals surface area contributed by atoms with Crippen LogP contribution in [0.3, 0.4) is 0 Å². The highest BCUT2D eigenvalue weighted by Gasteiger charge is 2.23. The van der Waals surface area contributed by atoms with Crippen molar-refractivity contribution in [1.29, 1.82) is 0 Å². The second-order valence-electron chi connectivity index (χ2n) is 10.4. The molecule has 1 amide bonds. The topological polar surface area (TPSA) is 75.7 Å². The van der Waals surface area contributed by atoms with Gasteiger partial charge in [-0.3, -0.25) is 18.6 Å². The standard InChI is InChI=1S/C31H31FN6O2/c1-21-7-8-22(2)27(19-21)35-15-17-36(18-16-35)29(39)14-13-28-33-34-31-37(20-23-9-11-24(32)12-10-23)30(40)25-5-3-4-6-26(25)38(28)31/h3-12,19H,13-18,20H2,1-2H3. The summed E-state index contributed by atoms with van der Waals surface area (Å²) in [6.07, 6.45) is 0.700. The van der Waals surface area contributed by atoms with Crippen LogP contribution in [0.5, 0.6) is 0 Å². The monoisotopic (exact) mass is 538 g/mol. The van der Waals surface area contributed by atoms with Gasteiger partial charge in [0.15, 0.2) is 0 Å². The SMILES string of the molecule is Cc1ccc(C)c(N2CCN(C(=O)CCc3nnc4n(Cc5ccc(F)cc5)c(=O)c5ccccc5n34)CC2)c1. The molecule has 1 aliphatic heterocycles. The number of hydrogen-bond acceptors (Lipinski definition) is 5. The molecule has 5 aromatic rings. The van der Waals surface area contributed by atoms with Crippen molar-refractivity contribution < 1.29 is 9.18 Å². The van der Waals surface area contributed by atoms with Crippen LogP contribution in [0.25, 0.3) is 16.7 Å². The van der Waals surface area contributed by atoms with E-state index in [0.29, 0.717) is 48.4 Å². The fourth-order valence-electron chi connectivity index (χ4n) is 5.52. The minimum atomic E-state index is -0.333. The molecular weight excluding hydrogens is 507 g/mol. The molecule has 1 saturated heterocycles. The minimum Gasteiger partial charge on any atom is -0.368 e. The smallest absolute Gasteiger partial charge is 0.263 e. The zero-order valence-corrected chi connectivity index (χ0v) is 22.7. The van der Waals surface area contributed by atoms with Crippen molar-refractivity contribution in [3.63, 3.8) is 0 Å². The van der Waals surface area contributed by atoms with Crippen LogP contribution >= 0.6 is 0 Å². The van der Waals surface area contributed by atoms with Gasteiger partial charge in [-0.15, -0.1) is 10.2 Å². The number of rotatable bonds is 6. The van der Waals surface area contributed by atoms with E-state index < -0.39 is 0 Å². The minimum absolute atomic E-state index is 0.0845. The predicted molar refractivity (Wildman–Crippen MR) is 153 cm³/mol. The quantitative estimate of drug-likeness (QED) is 0.325. The first kappa shape index (κ1) is 25.7. The van der Waals surface area contributed by atoms with Gasteiger partial charge in [0.05, 0.1) is 17.4 Å². The molecule has 1 fully saturated rings. The molecule has 204 valence electrons. The number of piperazine rings is 1. The van der Waals surface area contributed by atoms with Crippen LogP contribution in [-0.4, -0.2) is 56.2 Å². The summed E-state index contributed by atoms with van der Waals surface area (Å²) >= 11 is 0. The van der Waals surface area contributed by atoms with E-state index >= 15 is 0 Å². The lowest BCUT2D eigenvalue weighted by atomic mass is 10.1. The molecule has 6 rings (SSSR count). The number of amides is 1. The third-order valence-electron chi connectivity index (χ3n) is 7.73. The number of benzene rings is 3. The average Bonchev–Trinajstić information content (AvgIpc) is 3.40. The highest BCUT2D eigenvalue weighted by molar-refractivity contribution is 5.81. The first-order valence-corrected chi connectivity index (χ1v) is 13.6. The molecule has 0 unspecified atom stereocenters. The third kappa shape index (κ3) is 4.83. The average molecular weight is 539 g/mol. The Morgan fingerprint density at radius 1 is 0.925 bits per heavy atom. The Kier molecular flexibility index (Phi) is 6.79. The van der Waals surface area contributed by atoms with E-state index in [-0.39, 0.29) is 23.8 Å². The van der Waals surface area contributed by atoms with E-state index in [4.69, 9.17) is 0 Å². The molecule has 0 spiro atoms. The van der Waals surface area contributed by atoms with Gasteiger partial charge in [0, 0.05) is 44.7 Å². The fraction of sp³-hybridized carbons (Fsp3) is 0.290. The van der Waals surface area contributed by atoms with E-state index in [1.54, 1.807) is 22.8 Å². The van der Waals surface area contributed by atoms with Gasteiger partial charge in [0.1, 0.15) is 11.6 Å². The first-order valence-electron chi connectivity index (χ1n) is 13.6. The maximum Gasteiger partial charge on any atom is 0.263 e. The summed E-state index contributed by atoms with van der Waals surface area (Å²) in [5, 5.41) is 9.30. The number of fused-ring (bicyclic) bond motifs is 3. The van der Waals surface area contributed by atoms with Crippen LogP contribution in [-0.2, 0) is 17.8 Å². The molecule has 2 aromatic heterocycles. The molecular formula is C31H31FN6O2. The summed E-state index contributed by atoms with van der Waals surface area (Å²) in [5.41, 5.74) is 5.00. The lowest BCUT2D eigenvalue weighted by Gasteiger charge is -2.37. The summed E-state index contributed by atoms with van der Waals surface area (Å²) < 4.78 is 16.9. The van der Waals surface area contributed by atoms with E-state index in [1.165, 1.54) is 28.9 Å². The van der Waals surface area contributed by atoms with Gasteiger partial charge < -0.3 is 9.80 Å². The normalized spacial score (nSPS) is 13.9. The Labute approximate surface area is 231 Å². The van der Waals surface area contributed by atoms with Gasteiger partial charge in [-0.05, 0) is 60.9 Å². The van der Waals surface area contributed by atoms with E-state index in [2.05, 4.69) is 47.1 Å². The number of hydrogen-bond donors (Lipinski definition) is 0. The summed E-state index contributed by atoms with van der Waals surface area (Å²) in [7, 11) is 0. The number of aryl methyl sites for hydroxylation is 3. The highest BCUT2D eigenvalue weighted by atomic mass is 19.1. The van der Waals surface area contributed by atoms with Crippen molar-refractivity contribution in [3.8, 4) is 0 Å². The molecule has 40 heavy (non-hydrogen) atoms. The maximum absolute atomic E-state index is 13.5. The number of carbonyl (C=O) groups is 1. The van der Waals surface area contributed by atoms with Crippen molar-refractivity contribution in [2.75, 3.05) is 31.1 Å².